The summed E-state index contributed by atoms with van der Waals surface area (Å²) in [5.74, 6) is 0. The van der Waals surface area contributed by atoms with Crippen LogP contribution in [0.1, 0.15) is 18.4 Å². The van der Waals surface area contributed by atoms with E-state index in [-0.39, 0.29) is 6.04 Å². The summed E-state index contributed by atoms with van der Waals surface area (Å²) in [5, 5.41) is 1.79. The number of hydrogen-bond donors (Lipinski definition) is 0. The molecule has 0 atom stereocenters. The number of hydrogen-bond acceptors (Lipinski definition) is 4. The summed E-state index contributed by atoms with van der Waals surface area (Å²) in [5.41, 5.74) is 0.961. The van der Waals surface area contributed by atoms with Crippen LogP contribution >= 0.6 is 27.3 Å². The van der Waals surface area contributed by atoms with Gasteiger partial charge in [0.05, 0.1) is 0 Å². The summed E-state index contributed by atoms with van der Waals surface area (Å²) in [6.45, 7) is 0.403. The van der Waals surface area contributed by atoms with E-state index >= 15 is 0 Å². The topological polar surface area (TPSA) is 50.3 Å². The van der Waals surface area contributed by atoms with Crippen LogP contribution in [0, 0.1) is 0 Å². The number of rotatable bonds is 5. The van der Waals surface area contributed by atoms with Crippen LogP contribution < -0.4 is 0 Å². The van der Waals surface area contributed by atoms with Gasteiger partial charge in [0, 0.05) is 29.5 Å². The zero-order valence-corrected chi connectivity index (χ0v) is 13.8. The van der Waals surface area contributed by atoms with Gasteiger partial charge in [0.2, 0.25) is 0 Å². The maximum Gasteiger partial charge on any atom is 0.254 e. The van der Waals surface area contributed by atoms with Crippen molar-refractivity contribution in [1.82, 2.24) is 9.29 Å². The SMILES string of the molecule is O=S(=O)(c1sccc1Br)N(Cc1ccncc1)C1CC1. The first-order chi connectivity index (χ1) is 9.59. The smallest absolute Gasteiger partial charge is 0.254 e. The summed E-state index contributed by atoms with van der Waals surface area (Å²) in [6.07, 6.45) is 5.25. The zero-order chi connectivity index (χ0) is 14.2. The fraction of sp³-hybridized carbons (Fsp3) is 0.308. The maximum atomic E-state index is 12.8. The van der Waals surface area contributed by atoms with Crippen molar-refractivity contribution in [2.75, 3.05) is 0 Å². The molecule has 2 aromatic heterocycles. The fourth-order valence-corrected chi connectivity index (χ4v) is 6.11. The quantitative estimate of drug-likeness (QED) is 0.809. The normalized spacial score (nSPS) is 15.7. The molecule has 1 saturated carbocycles. The Bertz CT molecular complexity index is 696. The molecule has 3 rings (SSSR count). The molecule has 4 nitrogen and oxygen atoms in total. The summed E-state index contributed by atoms with van der Waals surface area (Å²) < 4.78 is 28.2. The van der Waals surface area contributed by atoms with E-state index in [1.165, 1.54) is 11.3 Å². The highest BCUT2D eigenvalue weighted by Crippen LogP contribution is 2.37. The highest BCUT2D eigenvalue weighted by atomic mass is 79.9. The Labute approximate surface area is 130 Å². The van der Waals surface area contributed by atoms with Gasteiger partial charge in [-0.05, 0) is 57.9 Å². The van der Waals surface area contributed by atoms with Crippen LogP contribution in [0.4, 0.5) is 0 Å². The van der Waals surface area contributed by atoms with E-state index in [9.17, 15) is 8.42 Å². The van der Waals surface area contributed by atoms with Crippen molar-refractivity contribution in [3.05, 3.63) is 46.0 Å². The van der Waals surface area contributed by atoms with Gasteiger partial charge in [0.15, 0.2) is 0 Å². The average molecular weight is 373 g/mol. The van der Waals surface area contributed by atoms with Crippen molar-refractivity contribution < 1.29 is 8.42 Å². The third-order valence-corrected chi connectivity index (χ3v) is 7.71. The summed E-state index contributed by atoms with van der Waals surface area (Å²) in [6, 6.07) is 5.61. The first-order valence-corrected chi connectivity index (χ1v) is 9.34. The third-order valence-electron chi connectivity index (χ3n) is 3.17. The Morgan fingerprint density at radius 2 is 2.00 bits per heavy atom. The molecule has 0 N–H and O–H groups in total. The van der Waals surface area contributed by atoms with E-state index in [2.05, 4.69) is 20.9 Å². The van der Waals surface area contributed by atoms with Crippen LogP contribution in [0.25, 0.3) is 0 Å². The second-order valence-electron chi connectivity index (χ2n) is 4.69. The molecular formula is C13H13BrN2O2S2. The van der Waals surface area contributed by atoms with Crippen LogP contribution in [0.5, 0.6) is 0 Å². The van der Waals surface area contributed by atoms with Crippen molar-refractivity contribution in [3.8, 4) is 0 Å². The number of nitrogens with zero attached hydrogens (tertiary/aromatic N) is 2. The first-order valence-electron chi connectivity index (χ1n) is 6.23. The fourth-order valence-electron chi connectivity index (χ4n) is 2.01. The molecule has 0 spiro atoms. The molecule has 0 aliphatic heterocycles. The zero-order valence-electron chi connectivity index (χ0n) is 10.6. The highest BCUT2D eigenvalue weighted by molar-refractivity contribution is 9.10. The van der Waals surface area contributed by atoms with Crippen molar-refractivity contribution >= 4 is 37.3 Å². The Morgan fingerprint density at radius 3 is 2.55 bits per heavy atom. The predicted molar refractivity (Wildman–Crippen MR) is 82.0 cm³/mol. The second kappa shape index (κ2) is 5.55. The van der Waals surface area contributed by atoms with Crippen LogP contribution in [-0.2, 0) is 16.6 Å². The lowest BCUT2D eigenvalue weighted by Crippen LogP contribution is -2.32. The van der Waals surface area contributed by atoms with E-state index in [0.29, 0.717) is 15.2 Å². The van der Waals surface area contributed by atoms with Crippen LogP contribution in [0.15, 0.2) is 44.7 Å². The van der Waals surface area contributed by atoms with Gasteiger partial charge in [-0.2, -0.15) is 4.31 Å². The molecule has 1 fully saturated rings. The number of halogens is 1. The third kappa shape index (κ3) is 2.81. The number of pyridine rings is 1. The largest absolute Gasteiger partial charge is 0.265 e. The van der Waals surface area contributed by atoms with Crippen molar-refractivity contribution in [2.24, 2.45) is 0 Å². The van der Waals surface area contributed by atoms with Gasteiger partial charge in [-0.1, -0.05) is 0 Å². The van der Waals surface area contributed by atoms with E-state index in [4.69, 9.17) is 0 Å². The standard InChI is InChI=1S/C13H13BrN2O2S2/c14-12-5-8-19-13(12)20(17,18)16(11-1-2-11)9-10-3-6-15-7-4-10/h3-8,11H,1-2,9H2. The van der Waals surface area contributed by atoms with Gasteiger partial charge in [-0.15, -0.1) is 11.3 Å². The lowest BCUT2D eigenvalue weighted by Gasteiger charge is -2.21. The summed E-state index contributed by atoms with van der Waals surface area (Å²) >= 11 is 4.57. The Balaban J connectivity index is 1.93. The molecule has 0 bridgehead atoms. The van der Waals surface area contributed by atoms with Crippen LogP contribution in [0.2, 0.25) is 0 Å². The molecule has 7 heteroatoms. The maximum absolute atomic E-state index is 12.8. The minimum absolute atomic E-state index is 0.127. The lowest BCUT2D eigenvalue weighted by atomic mass is 10.3. The van der Waals surface area contributed by atoms with Crippen molar-refractivity contribution in [1.29, 1.82) is 0 Å². The predicted octanol–water partition coefficient (Wildman–Crippen LogP) is 3.26. The van der Waals surface area contributed by atoms with E-state index in [1.54, 1.807) is 28.1 Å². The molecular weight excluding hydrogens is 360 g/mol. The van der Waals surface area contributed by atoms with Gasteiger partial charge in [-0.3, -0.25) is 4.98 Å². The molecule has 1 aliphatic carbocycles. The first kappa shape index (κ1) is 14.2. The molecule has 20 heavy (non-hydrogen) atoms. The lowest BCUT2D eigenvalue weighted by molar-refractivity contribution is 0.399. The molecule has 106 valence electrons. The van der Waals surface area contributed by atoms with E-state index in [1.807, 2.05) is 12.1 Å². The second-order valence-corrected chi connectivity index (χ2v) is 8.55. The molecule has 0 radical (unpaired) electrons. The Morgan fingerprint density at radius 1 is 1.30 bits per heavy atom. The molecule has 2 heterocycles. The van der Waals surface area contributed by atoms with Gasteiger partial charge < -0.3 is 0 Å². The Hall–Kier alpha value is -0.760. The minimum atomic E-state index is -3.44. The summed E-state index contributed by atoms with van der Waals surface area (Å²) in [4.78, 5) is 3.97. The average Bonchev–Trinajstić information content (AvgIpc) is 3.18. The molecule has 0 aromatic carbocycles. The minimum Gasteiger partial charge on any atom is -0.265 e. The monoisotopic (exact) mass is 372 g/mol. The van der Waals surface area contributed by atoms with Gasteiger partial charge >= 0.3 is 0 Å². The van der Waals surface area contributed by atoms with Crippen molar-refractivity contribution in [2.45, 2.75) is 29.6 Å². The van der Waals surface area contributed by atoms with E-state index in [0.717, 1.165) is 18.4 Å². The molecule has 0 unspecified atom stereocenters. The number of sulfonamides is 1. The van der Waals surface area contributed by atoms with Gasteiger partial charge in [-0.25, -0.2) is 8.42 Å². The van der Waals surface area contributed by atoms with Gasteiger partial charge in [0.1, 0.15) is 4.21 Å². The molecule has 0 amide bonds. The van der Waals surface area contributed by atoms with E-state index < -0.39 is 10.0 Å². The number of aromatic nitrogens is 1. The summed E-state index contributed by atoms with van der Waals surface area (Å²) in [7, 11) is -3.44. The Kier molecular flexibility index (Phi) is 3.94. The van der Waals surface area contributed by atoms with Crippen LogP contribution in [0.3, 0.4) is 0 Å². The molecule has 1 aliphatic rings. The van der Waals surface area contributed by atoms with Crippen molar-refractivity contribution in [3.63, 3.8) is 0 Å². The molecule has 2 aromatic rings. The van der Waals surface area contributed by atoms with Gasteiger partial charge in [0.25, 0.3) is 10.0 Å². The number of thiophene rings is 1. The molecule has 0 saturated heterocycles. The van der Waals surface area contributed by atoms with Crippen LogP contribution in [-0.4, -0.2) is 23.7 Å². The highest BCUT2D eigenvalue weighted by Gasteiger charge is 2.39.